The average molecular weight is 227 g/mol. The Kier molecular flexibility index (Phi) is 4.28. The maximum absolute atomic E-state index is 9.26. The van der Waals surface area contributed by atoms with E-state index in [2.05, 4.69) is 0 Å². The van der Waals surface area contributed by atoms with Crippen LogP contribution < -0.4 is 4.90 Å². The lowest BCUT2D eigenvalue weighted by Crippen LogP contribution is -2.08. The van der Waals surface area contributed by atoms with Crippen LogP contribution in [-0.4, -0.2) is 25.3 Å². The van der Waals surface area contributed by atoms with Gasteiger partial charge < -0.3 is 10.0 Å². The van der Waals surface area contributed by atoms with Crippen LogP contribution in [0.4, 0.5) is 5.69 Å². The predicted molar refractivity (Wildman–Crippen MR) is 66.0 cm³/mol. The van der Waals surface area contributed by atoms with E-state index in [-0.39, 0.29) is 5.57 Å². The number of aliphatic hydroxyl groups is 1. The van der Waals surface area contributed by atoms with Gasteiger partial charge in [-0.3, -0.25) is 0 Å². The summed E-state index contributed by atoms with van der Waals surface area (Å²) in [5, 5.41) is 26.6. The molecule has 1 aromatic carbocycles. The van der Waals surface area contributed by atoms with Crippen LogP contribution in [0.3, 0.4) is 0 Å². The first-order valence-electron chi connectivity index (χ1n) is 5.05. The molecule has 1 aromatic rings. The Morgan fingerprint density at radius 1 is 1.29 bits per heavy atom. The Bertz CT molecular complexity index is 489. The summed E-state index contributed by atoms with van der Waals surface area (Å²) in [4.78, 5) is 1.96. The van der Waals surface area contributed by atoms with Gasteiger partial charge in [0.25, 0.3) is 0 Å². The predicted octanol–water partition coefficient (Wildman–Crippen LogP) is 1.54. The maximum Gasteiger partial charge on any atom is 0.175 e. The van der Waals surface area contributed by atoms with E-state index in [0.29, 0.717) is 0 Å². The molecule has 4 heteroatoms. The first-order chi connectivity index (χ1) is 8.08. The number of nitrogens with zero attached hydrogens (tertiary/aromatic N) is 3. The van der Waals surface area contributed by atoms with Gasteiger partial charge in [0.1, 0.15) is 0 Å². The highest BCUT2D eigenvalue weighted by molar-refractivity contribution is 5.61. The molecule has 17 heavy (non-hydrogen) atoms. The average Bonchev–Trinajstić information content (AvgIpc) is 2.35. The summed E-state index contributed by atoms with van der Waals surface area (Å²) in [5.41, 5.74) is 1.87. The number of hydrogen-bond donors (Lipinski definition) is 1. The molecule has 0 fully saturated rings. The Balaban J connectivity index is 2.99. The van der Waals surface area contributed by atoms with Crippen LogP contribution in [0.1, 0.15) is 5.56 Å². The molecule has 0 saturated heterocycles. The van der Waals surface area contributed by atoms with Crippen LogP contribution in [0.25, 0.3) is 6.08 Å². The molecule has 0 aliphatic carbocycles. The number of rotatable bonds is 3. The molecular weight excluding hydrogens is 214 g/mol. The Morgan fingerprint density at radius 2 is 1.88 bits per heavy atom. The normalized spacial score (nSPS) is 12.4. The highest BCUT2D eigenvalue weighted by Crippen LogP contribution is 2.15. The third-order valence-corrected chi connectivity index (χ3v) is 2.28. The molecule has 1 rings (SSSR count). The van der Waals surface area contributed by atoms with Crippen molar-refractivity contribution in [2.45, 2.75) is 6.10 Å². The van der Waals surface area contributed by atoms with Gasteiger partial charge in [0.2, 0.25) is 0 Å². The van der Waals surface area contributed by atoms with Gasteiger partial charge >= 0.3 is 0 Å². The van der Waals surface area contributed by atoms with Gasteiger partial charge in [-0.15, -0.1) is 0 Å². The van der Waals surface area contributed by atoms with Crippen LogP contribution in [0.2, 0.25) is 0 Å². The topological polar surface area (TPSA) is 71.1 Å². The largest absolute Gasteiger partial charge is 0.378 e. The SMILES string of the molecule is CN(C)c1ccc(C=C(C#N)C(O)C#N)cc1. The minimum Gasteiger partial charge on any atom is -0.378 e. The lowest BCUT2D eigenvalue weighted by molar-refractivity contribution is 0.271. The summed E-state index contributed by atoms with van der Waals surface area (Å²) in [6.07, 6.45) is 0.140. The zero-order valence-electron chi connectivity index (χ0n) is 9.75. The fourth-order valence-electron chi connectivity index (χ4n) is 1.29. The van der Waals surface area contributed by atoms with Crippen LogP contribution in [0, 0.1) is 22.7 Å². The van der Waals surface area contributed by atoms with E-state index in [1.807, 2.05) is 49.3 Å². The van der Waals surface area contributed by atoms with Gasteiger partial charge in [-0.1, -0.05) is 12.1 Å². The van der Waals surface area contributed by atoms with E-state index >= 15 is 0 Å². The number of hydrogen-bond acceptors (Lipinski definition) is 4. The molecule has 0 aliphatic rings. The van der Waals surface area contributed by atoms with Crippen molar-refractivity contribution in [1.82, 2.24) is 0 Å². The molecule has 86 valence electrons. The quantitative estimate of drug-likeness (QED) is 0.628. The Morgan fingerprint density at radius 3 is 2.29 bits per heavy atom. The number of anilines is 1. The molecule has 1 N–H and O–H groups in total. The highest BCUT2D eigenvalue weighted by atomic mass is 16.3. The van der Waals surface area contributed by atoms with E-state index in [9.17, 15) is 5.11 Å². The third kappa shape index (κ3) is 3.34. The maximum atomic E-state index is 9.26. The Hall–Kier alpha value is -2.30. The monoisotopic (exact) mass is 227 g/mol. The molecule has 0 aromatic heterocycles. The molecule has 0 bridgehead atoms. The second-order valence-corrected chi connectivity index (χ2v) is 3.73. The molecule has 0 amide bonds. The van der Waals surface area contributed by atoms with Gasteiger partial charge in [-0.25, -0.2) is 0 Å². The summed E-state index contributed by atoms with van der Waals surface area (Å²) in [5.74, 6) is 0. The lowest BCUT2D eigenvalue weighted by Gasteiger charge is -2.11. The molecule has 1 unspecified atom stereocenters. The summed E-state index contributed by atoms with van der Waals surface area (Å²) in [6, 6.07) is 10.9. The van der Waals surface area contributed by atoms with Crippen LogP contribution >= 0.6 is 0 Å². The number of benzene rings is 1. The van der Waals surface area contributed by atoms with Crippen LogP contribution in [0.15, 0.2) is 29.8 Å². The molecule has 1 atom stereocenters. The molecular formula is C13H13N3O. The summed E-state index contributed by atoms with van der Waals surface area (Å²) in [7, 11) is 3.87. The van der Waals surface area contributed by atoms with Gasteiger partial charge in [0.15, 0.2) is 6.10 Å². The van der Waals surface area contributed by atoms with Crippen molar-refractivity contribution in [3.05, 3.63) is 35.4 Å². The molecule has 0 spiro atoms. The minimum atomic E-state index is -1.37. The van der Waals surface area contributed by atoms with Crippen molar-refractivity contribution >= 4 is 11.8 Å². The first kappa shape index (κ1) is 12.8. The van der Waals surface area contributed by atoms with Crippen molar-refractivity contribution in [2.75, 3.05) is 19.0 Å². The highest BCUT2D eigenvalue weighted by Gasteiger charge is 2.08. The molecule has 0 heterocycles. The Labute approximate surface area is 101 Å². The van der Waals surface area contributed by atoms with E-state index in [0.717, 1.165) is 11.3 Å². The second-order valence-electron chi connectivity index (χ2n) is 3.73. The zero-order chi connectivity index (χ0) is 12.8. The fourth-order valence-corrected chi connectivity index (χ4v) is 1.29. The smallest absolute Gasteiger partial charge is 0.175 e. The van der Waals surface area contributed by atoms with Crippen LogP contribution in [-0.2, 0) is 0 Å². The van der Waals surface area contributed by atoms with Gasteiger partial charge in [0, 0.05) is 19.8 Å². The van der Waals surface area contributed by atoms with Crippen molar-refractivity contribution in [1.29, 1.82) is 10.5 Å². The first-order valence-corrected chi connectivity index (χ1v) is 5.05. The van der Waals surface area contributed by atoms with E-state index in [4.69, 9.17) is 10.5 Å². The number of aliphatic hydroxyl groups excluding tert-OH is 1. The molecule has 4 nitrogen and oxygen atoms in total. The van der Waals surface area contributed by atoms with Crippen molar-refractivity contribution in [2.24, 2.45) is 0 Å². The molecule has 0 aliphatic heterocycles. The van der Waals surface area contributed by atoms with Crippen molar-refractivity contribution in [3.63, 3.8) is 0 Å². The lowest BCUT2D eigenvalue weighted by atomic mass is 10.1. The van der Waals surface area contributed by atoms with Crippen molar-refractivity contribution in [3.8, 4) is 12.1 Å². The third-order valence-electron chi connectivity index (χ3n) is 2.28. The van der Waals surface area contributed by atoms with E-state index in [1.165, 1.54) is 6.08 Å². The zero-order valence-corrected chi connectivity index (χ0v) is 9.75. The standard InChI is InChI=1S/C13H13N3O/c1-16(2)12-5-3-10(4-6-12)7-11(8-14)13(17)9-15/h3-7,13,17H,1-2H3. The van der Waals surface area contributed by atoms with Crippen molar-refractivity contribution < 1.29 is 5.11 Å². The minimum absolute atomic E-state index is 0.0464. The molecule has 0 saturated carbocycles. The summed E-state index contributed by atoms with van der Waals surface area (Å²) >= 11 is 0. The van der Waals surface area contributed by atoms with Gasteiger partial charge in [0.05, 0.1) is 17.7 Å². The number of nitriles is 2. The van der Waals surface area contributed by atoms with E-state index in [1.54, 1.807) is 6.07 Å². The van der Waals surface area contributed by atoms with Gasteiger partial charge in [-0.2, -0.15) is 10.5 Å². The van der Waals surface area contributed by atoms with Crippen LogP contribution in [0.5, 0.6) is 0 Å². The summed E-state index contributed by atoms with van der Waals surface area (Å²) < 4.78 is 0. The molecule has 0 radical (unpaired) electrons. The fraction of sp³-hybridized carbons (Fsp3) is 0.231. The second kappa shape index (κ2) is 5.69. The van der Waals surface area contributed by atoms with E-state index < -0.39 is 6.10 Å². The summed E-state index contributed by atoms with van der Waals surface area (Å²) in [6.45, 7) is 0. The van der Waals surface area contributed by atoms with Gasteiger partial charge in [-0.05, 0) is 23.8 Å².